The Kier molecular flexibility index (Phi) is 4.85. The third kappa shape index (κ3) is 3.68. The Labute approximate surface area is 162 Å². The molecule has 0 bridgehead atoms. The minimum atomic E-state index is -0.0120. The minimum absolute atomic E-state index is 0.0120. The molecular formula is C20H21N5OS. The second kappa shape index (κ2) is 7.44. The zero-order valence-electron chi connectivity index (χ0n) is 15.4. The summed E-state index contributed by atoms with van der Waals surface area (Å²) in [5, 5.41) is 2.53. The van der Waals surface area contributed by atoms with E-state index >= 15 is 0 Å². The van der Waals surface area contributed by atoms with Gasteiger partial charge in [0.2, 0.25) is 0 Å². The molecule has 2 aromatic heterocycles. The molecule has 1 fully saturated rings. The lowest BCUT2D eigenvalue weighted by atomic mass is 10.1. The first-order valence-electron chi connectivity index (χ1n) is 8.95. The van der Waals surface area contributed by atoms with Crippen LogP contribution in [-0.2, 0) is 0 Å². The Hall–Kier alpha value is -2.80. The standard InChI is InChI=1S/C20H21N5OS/c1-14-3-4-15(2)18(11-14)24-7-9-25(10-8-24)20(26)17-13-27-19(23-17)16-12-21-5-6-22-16/h3-6,11-13H,7-10H2,1-2H3. The van der Waals surface area contributed by atoms with Gasteiger partial charge < -0.3 is 9.80 Å². The number of piperazine rings is 1. The van der Waals surface area contributed by atoms with Gasteiger partial charge in [-0.25, -0.2) is 4.98 Å². The molecule has 0 spiro atoms. The van der Waals surface area contributed by atoms with Crippen LogP contribution in [0.15, 0.2) is 42.2 Å². The maximum absolute atomic E-state index is 12.8. The normalized spacial score (nSPS) is 14.4. The molecule has 0 N–H and O–H groups in total. The highest BCUT2D eigenvalue weighted by Crippen LogP contribution is 2.24. The average Bonchev–Trinajstić information content (AvgIpc) is 3.20. The number of carbonyl (C=O) groups excluding carboxylic acids is 1. The van der Waals surface area contributed by atoms with Crippen molar-refractivity contribution in [3.8, 4) is 10.7 Å². The van der Waals surface area contributed by atoms with Crippen LogP contribution in [0.1, 0.15) is 21.6 Å². The summed E-state index contributed by atoms with van der Waals surface area (Å²) in [5.41, 5.74) is 4.98. The molecule has 1 aliphatic heterocycles. The van der Waals surface area contributed by atoms with Crippen LogP contribution in [0.25, 0.3) is 10.7 Å². The molecule has 7 heteroatoms. The van der Waals surface area contributed by atoms with Crippen molar-refractivity contribution in [2.45, 2.75) is 13.8 Å². The van der Waals surface area contributed by atoms with E-state index in [-0.39, 0.29) is 5.91 Å². The van der Waals surface area contributed by atoms with Gasteiger partial charge in [0.25, 0.3) is 5.91 Å². The highest BCUT2D eigenvalue weighted by Gasteiger charge is 2.25. The predicted octanol–water partition coefficient (Wildman–Crippen LogP) is 3.18. The van der Waals surface area contributed by atoms with Gasteiger partial charge in [-0.05, 0) is 31.0 Å². The Morgan fingerprint density at radius 1 is 1.11 bits per heavy atom. The van der Waals surface area contributed by atoms with Gasteiger partial charge in [0.05, 0.1) is 6.20 Å². The lowest BCUT2D eigenvalue weighted by Crippen LogP contribution is -2.49. The van der Waals surface area contributed by atoms with Crippen molar-refractivity contribution in [2.24, 2.45) is 0 Å². The molecule has 1 saturated heterocycles. The molecule has 0 saturated carbocycles. The number of rotatable bonds is 3. The molecule has 6 nitrogen and oxygen atoms in total. The SMILES string of the molecule is Cc1ccc(C)c(N2CCN(C(=O)c3csc(-c4cnccn4)n3)CC2)c1. The Morgan fingerprint density at radius 2 is 1.93 bits per heavy atom. The largest absolute Gasteiger partial charge is 0.368 e. The van der Waals surface area contributed by atoms with Crippen LogP contribution >= 0.6 is 11.3 Å². The van der Waals surface area contributed by atoms with Crippen LogP contribution in [-0.4, -0.2) is 51.9 Å². The van der Waals surface area contributed by atoms with Gasteiger partial charge in [-0.2, -0.15) is 0 Å². The number of hydrogen-bond donors (Lipinski definition) is 0. The Morgan fingerprint density at radius 3 is 2.67 bits per heavy atom. The molecule has 1 amide bonds. The summed E-state index contributed by atoms with van der Waals surface area (Å²) >= 11 is 1.42. The summed E-state index contributed by atoms with van der Waals surface area (Å²) in [5.74, 6) is -0.0120. The third-order valence-electron chi connectivity index (χ3n) is 4.78. The third-order valence-corrected chi connectivity index (χ3v) is 5.64. The number of hydrogen-bond acceptors (Lipinski definition) is 6. The molecular weight excluding hydrogens is 358 g/mol. The van der Waals surface area contributed by atoms with E-state index in [9.17, 15) is 4.79 Å². The van der Waals surface area contributed by atoms with Crippen molar-refractivity contribution in [3.63, 3.8) is 0 Å². The molecule has 0 radical (unpaired) electrons. The van der Waals surface area contributed by atoms with Crippen LogP contribution in [0, 0.1) is 13.8 Å². The predicted molar refractivity (Wildman–Crippen MR) is 107 cm³/mol. The maximum Gasteiger partial charge on any atom is 0.273 e. The van der Waals surface area contributed by atoms with E-state index < -0.39 is 0 Å². The van der Waals surface area contributed by atoms with Gasteiger partial charge in [-0.3, -0.25) is 14.8 Å². The summed E-state index contributed by atoms with van der Waals surface area (Å²) in [6.45, 7) is 7.30. The van der Waals surface area contributed by atoms with Crippen molar-refractivity contribution < 1.29 is 4.79 Å². The molecule has 3 aromatic rings. The monoisotopic (exact) mass is 379 g/mol. The number of thiazole rings is 1. The molecule has 27 heavy (non-hydrogen) atoms. The van der Waals surface area contributed by atoms with Crippen LogP contribution < -0.4 is 4.90 Å². The minimum Gasteiger partial charge on any atom is -0.368 e. The fourth-order valence-corrected chi connectivity index (χ4v) is 4.03. The summed E-state index contributed by atoms with van der Waals surface area (Å²) < 4.78 is 0. The molecule has 0 aliphatic carbocycles. The van der Waals surface area contributed by atoms with E-state index in [1.165, 1.54) is 28.2 Å². The van der Waals surface area contributed by atoms with Crippen molar-refractivity contribution >= 4 is 22.9 Å². The van der Waals surface area contributed by atoms with Crippen LogP contribution in [0.5, 0.6) is 0 Å². The van der Waals surface area contributed by atoms with Crippen molar-refractivity contribution in [3.05, 3.63) is 59.0 Å². The highest BCUT2D eigenvalue weighted by atomic mass is 32.1. The molecule has 1 aromatic carbocycles. The molecule has 138 valence electrons. The first-order chi connectivity index (χ1) is 13.1. The summed E-state index contributed by atoms with van der Waals surface area (Å²) in [6, 6.07) is 6.52. The van der Waals surface area contributed by atoms with E-state index in [0.29, 0.717) is 24.5 Å². The van der Waals surface area contributed by atoms with Crippen LogP contribution in [0.3, 0.4) is 0 Å². The summed E-state index contributed by atoms with van der Waals surface area (Å²) in [7, 11) is 0. The number of nitrogens with zero attached hydrogens (tertiary/aromatic N) is 5. The maximum atomic E-state index is 12.8. The van der Waals surface area contributed by atoms with Gasteiger partial charge in [-0.15, -0.1) is 11.3 Å². The van der Waals surface area contributed by atoms with Gasteiger partial charge in [0.15, 0.2) is 0 Å². The first kappa shape index (κ1) is 17.6. The number of aryl methyl sites for hydroxylation is 2. The van der Waals surface area contributed by atoms with Gasteiger partial charge in [0, 0.05) is 49.6 Å². The van der Waals surface area contributed by atoms with Crippen molar-refractivity contribution in [1.82, 2.24) is 19.9 Å². The van der Waals surface area contributed by atoms with Gasteiger partial charge in [0.1, 0.15) is 16.4 Å². The van der Waals surface area contributed by atoms with Gasteiger partial charge in [-0.1, -0.05) is 12.1 Å². The van der Waals surface area contributed by atoms with Gasteiger partial charge >= 0.3 is 0 Å². The fraction of sp³-hybridized carbons (Fsp3) is 0.300. The number of carbonyl (C=O) groups is 1. The fourth-order valence-electron chi connectivity index (χ4n) is 3.27. The van der Waals surface area contributed by atoms with E-state index in [0.717, 1.165) is 18.1 Å². The lowest BCUT2D eigenvalue weighted by molar-refractivity contribution is 0.0742. The number of benzene rings is 1. The lowest BCUT2D eigenvalue weighted by Gasteiger charge is -2.36. The number of anilines is 1. The van der Waals surface area contributed by atoms with E-state index in [2.05, 4.69) is 51.9 Å². The first-order valence-corrected chi connectivity index (χ1v) is 9.83. The van der Waals surface area contributed by atoms with E-state index in [1.54, 1.807) is 18.6 Å². The topological polar surface area (TPSA) is 62.2 Å². The highest BCUT2D eigenvalue weighted by molar-refractivity contribution is 7.13. The second-order valence-corrected chi connectivity index (χ2v) is 7.56. The molecule has 3 heterocycles. The average molecular weight is 379 g/mol. The molecule has 0 unspecified atom stereocenters. The summed E-state index contributed by atoms with van der Waals surface area (Å²) in [4.78, 5) is 29.8. The number of amides is 1. The van der Waals surface area contributed by atoms with Crippen molar-refractivity contribution in [1.29, 1.82) is 0 Å². The zero-order chi connectivity index (χ0) is 18.8. The van der Waals surface area contributed by atoms with E-state index in [4.69, 9.17) is 0 Å². The smallest absolute Gasteiger partial charge is 0.273 e. The van der Waals surface area contributed by atoms with Crippen molar-refractivity contribution in [2.75, 3.05) is 31.1 Å². The Bertz CT molecular complexity index is 948. The van der Waals surface area contributed by atoms with Crippen LogP contribution in [0.4, 0.5) is 5.69 Å². The van der Waals surface area contributed by atoms with Crippen LogP contribution in [0.2, 0.25) is 0 Å². The van der Waals surface area contributed by atoms with E-state index in [1.807, 2.05) is 10.3 Å². The zero-order valence-corrected chi connectivity index (χ0v) is 16.2. The second-order valence-electron chi connectivity index (χ2n) is 6.70. The quantitative estimate of drug-likeness (QED) is 0.699. The molecule has 1 aliphatic rings. The molecule has 0 atom stereocenters. The molecule has 4 rings (SSSR count). The summed E-state index contributed by atoms with van der Waals surface area (Å²) in [6.07, 6.45) is 4.92. The number of aromatic nitrogens is 3. The Balaban J connectivity index is 1.43.